The molecule has 1 saturated heterocycles. The number of anilines is 1. The fourth-order valence-corrected chi connectivity index (χ4v) is 2.94. The van der Waals surface area contributed by atoms with E-state index in [0.29, 0.717) is 43.3 Å². The predicted octanol–water partition coefficient (Wildman–Crippen LogP) is 3.25. The van der Waals surface area contributed by atoms with Crippen LogP contribution in [-0.4, -0.2) is 49.6 Å². The third-order valence-electron chi connectivity index (χ3n) is 4.21. The highest BCUT2D eigenvalue weighted by molar-refractivity contribution is 9.10. The van der Waals surface area contributed by atoms with E-state index in [1.165, 1.54) is 0 Å². The van der Waals surface area contributed by atoms with Gasteiger partial charge in [0.2, 0.25) is 0 Å². The lowest BCUT2D eigenvalue weighted by molar-refractivity contribution is -0.118. The Morgan fingerprint density at radius 1 is 1.15 bits per heavy atom. The molecule has 0 aliphatic carbocycles. The quantitative estimate of drug-likeness (QED) is 0.787. The van der Waals surface area contributed by atoms with Crippen molar-refractivity contribution < 1.29 is 19.1 Å². The van der Waals surface area contributed by atoms with Crippen molar-refractivity contribution in [1.82, 2.24) is 4.90 Å². The average molecular weight is 433 g/mol. The molecule has 2 amide bonds. The van der Waals surface area contributed by atoms with Crippen LogP contribution in [0.4, 0.5) is 5.69 Å². The molecular formula is C20H21BrN2O4. The maximum Gasteiger partial charge on any atom is 0.262 e. The molecular weight excluding hydrogens is 412 g/mol. The van der Waals surface area contributed by atoms with Gasteiger partial charge in [-0.25, -0.2) is 0 Å². The first kappa shape index (κ1) is 19.4. The highest BCUT2D eigenvalue weighted by Crippen LogP contribution is 2.21. The monoisotopic (exact) mass is 432 g/mol. The second kappa shape index (κ2) is 9.01. The first-order chi connectivity index (χ1) is 13.0. The molecule has 0 bridgehead atoms. The van der Waals surface area contributed by atoms with Crippen LogP contribution in [0.3, 0.4) is 0 Å². The van der Waals surface area contributed by atoms with Gasteiger partial charge in [-0.3, -0.25) is 9.59 Å². The molecule has 1 aliphatic rings. The van der Waals surface area contributed by atoms with Crippen LogP contribution in [0.15, 0.2) is 46.9 Å². The van der Waals surface area contributed by atoms with E-state index in [4.69, 9.17) is 9.47 Å². The molecule has 2 aromatic rings. The largest absolute Gasteiger partial charge is 0.484 e. The van der Waals surface area contributed by atoms with Crippen LogP contribution in [0, 0.1) is 6.92 Å². The van der Waals surface area contributed by atoms with Crippen molar-refractivity contribution in [2.75, 3.05) is 38.2 Å². The minimum atomic E-state index is -0.261. The van der Waals surface area contributed by atoms with Crippen molar-refractivity contribution in [1.29, 1.82) is 0 Å². The maximum atomic E-state index is 12.4. The Labute approximate surface area is 166 Å². The number of nitrogens with zero attached hydrogens (tertiary/aromatic N) is 1. The van der Waals surface area contributed by atoms with Gasteiger partial charge in [-0.15, -0.1) is 0 Å². The lowest BCUT2D eigenvalue weighted by Crippen LogP contribution is -2.40. The van der Waals surface area contributed by atoms with Gasteiger partial charge in [-0.05, 0) is 55.0 Å². The number of aryl methyl sites for hydroxylation is 1. The molecule has 6 nitrogen and oxygen atoms in total. The van der Waals surface area contributed by atoms with Gasteiger partial charge in [0, 0.05) is 28.8 Å². The number of benzene rings is 2. The summed E-state index contributed by atoms with van der Waals surface area (Å²) in [4.78, 5) is 26.2. The Hall–Kier alpha value is -2.38. The normalized spacial score (nSPS) is 13.9. The summed E-state index contributed by atoms with van der Waals surface area (Å²) in [5, 5.41) is 2.77. The molecule has 27 heavy (non-hydrogen) atoms. The number of hydrogen-bond acceptors (Lipinski definition) is 4. The highest BCUT2D eigenvalue weighted by Gasteiger charge is 2.18. The van der Waals surface area contributed by atoms with Crippen molar-refractivity contribution in [3.8, 4) is 5.75 Å². The zero-order valence-electron chi connectivity index (χ0n) is 15.0. The van der Waals surface area contributed by atoms with E-state index in [2.05, 4.69) is 21.2 Å². The molecule has 0 atom stereocenters. The third kappa shape index (κ3) is 5.30. The SMILES string of the molecule is Cc1cc(OCC(=O)Nc2ccc(C(=O)N3CCOCC3)cc2)ccc1Br. The molecule has 2 aromatic carbocycles. The molecule has 1 aliphatic heterocycles. The molecule has 0 spiro atoms. The Morgan fingerprint density at radius 2 is 1.85 bits per heavy atom. The average Bonchev–Trinajstić information content (AvgIpc) is 2.69. The lowest BCUT2D eigenvalue weighted by atomic mass is 10.1. The van der Waals surface area contributed by atoms with Crippen molar-refractivity contribution in [3.63, 3.8) is 0 Å². The van der Waals surface area contributed by atoms with Gasteiger partial charge in [-0.1, -0.05) is 15.9 Å². The molecule has 1 fully saturated rings. The number of morpholine rings is 1. The van der Waals surface area contributed by atoms with Gasteiger partial charge in [-0.2, -0.15) is 0 Å². The number of hydrogen-bond donors (Lipinski definition) is 1. The zero-order chi connectivity index (χ0) is 19.2. The summed E-state index contributed by atoms with van der Waals surface area (Å²) in [6, 6.07) is 12.4. The molecule has 0 saturated carbocycles. The summed E-state index contributed by atoms with van der Waals surface area (Å²) in [5.74, 6) is 0.352. The van der Waals surface area contributed by atoms with Gasteiger partial charge in [0.1, 0.15) is 5.75 Å². The van der Waals surface area contributed by atoms with E-state index in [1.54, 1.807) is 35.2 Å². The summed E-state index contributed by atoms with van der Waals surface area (Å²) in [7, 11) is 0. The van der Waals surface area contributed by atoms with Crippen LogP contribution in [0.5, 0.6) is 5.75 Å². The summed E-state index contributed by atoms with van der Waals surface area (Å²) in [6.45, 7) is 4.20. The fraction of sp³-hybridized carbons (Fsp3) is 0.300. The molecule has 142 valence electrons. The van der Waals surface area contributed by atoms with Crippen LogP contribution >= 0.6 is 15.9 Å². The summed E-state index contributed by atoms with van der Waals surface area (Å²) < 4.78 is 11.8. The number of halogens is 1. The standard InChI is InChI=1S/C20H21BrN2O4/c1-14-12-17(6-7-18(14)21)27-13-19(24)22-16-4-2-15(3-5-16)20(25)23-8-10-26-11-9-23/h2-7,12H,8-11,13H2,1H3,(H,22,24). The van der Waals surface area contributed by atoms with Crippen LogP contribution in [0.2, 0.25) is 0 Å². The molecule has 0 aromatic heterocycles. The van der Waals surface area contributed by atoms with Crippen molar-refractivity contribution in [3.05, 3.63) is 58.1 Å². The van der Waals surface area contributed by atoms with Crippen LogP contribution < -0.4 is 10.1 Å². The molecule has 0 unspecified atom stereocenters. The minimum absolute atomic E-state index is 0.0230. The highest BCUT2D eigenvalue weighted by atomic mass is 79.9. The van der Waals surface area contributed by atoms with Crippen LogP contribution in [0.1, 0.15) is 15.9 Å². The first-order valence-electron chi connectivity index (χ1n) is 8.69. The number of ether oxygens (including phenoxy) is 2. The second-order valence-corrected chi connectivity index (χ2v) is 7.08. The minimum Gasteiger partial charge on any atom is -0.484 e. The fourth-order valence-electron chi connectivity index (χ4n) is 2.70. The van der Waals surface area contributed by atoms with Gasteiger partial charge >= 0.3 is 0 Å². The number of rotatable bonds is 5. The Morgan fingerprint density at radius 3 is 2.52 bits per heavy atom. The summed E-state index contributed by atoms with van der Waals surface area (Å²) >= 11 is 3.43. The van der Waals surface area contributed by atoms with E-state index in [1.807, 2.05) is 19.1 Å². The maximum absolute atomic E-state index is 12.4. The lowest BCUT2D eigenvalue weighted by Gasteiger charge is -2.26. The molecule has 1 heterocycles. The van der Waals surface area contributed by atoms with Gasteiger partial charge < -0.3 is 19.7 Å². The summed E-state index contributed by atoms with van der Waals surface area (Å²) in [5.41, 5.74) is 2.25. The number of amides is 2. The molecule has 7 heteroatoms. The molecule has 3 rings (SSSR count). The van der Waals surface area contributed by atoms with E-state index >= 15 is 0 Å². The van der Waals surface area contributed by atoms with E-state index < -0.39 is 0 Å². The predicted molar refractivity (Wildman–Crippen MR) is 106 cm³/mol. The van der Waals surface area contributed by atoms with Gasteiger partial charge in [0.15, 0.2) is 6.61 Å². The van der Waals surface area contributed by atoms with E-state index in [-0.39, 0.29) is 18.4 Å². The third-order valence-corrected chi connectivity index (χ3v) is 5.10. The topological polar surface area (TPSA) is 67.9 Å². The Balaban J connectivity index is 1.52. The van der Waals surface area contributed by atoms with Crippen molar-refractivity contribution in [2.24, 2.45) is 0 Å². The smallest absolute Gasteiger partial charge is 0.262 e. The van der Waals surface area contributed by atoms with Crippen LogP contribution in [0.25, 0.3) is 0 Å². The summed E-state index contributed by atoms with van der Waals surface area (Å²) in [6.07, 6.45) is 0. The first-order valence-corrected chi connectivity index (χ1v) is 9.48. The number of carbonyl (C=O) groups is 2. The van der Waals surface area contributed by atoms with Crippen LogP contribution in [-0.2, 0) is 9.53 Å². The molecule has 0 radical (unpaired) electrons. The second-order valence-electron chi connectivity index (χ2n) is 6.23. The number of carbonyl (C=O) groups excluding carboxylic acids is 2. The van der Waals surface area contributed by atoms with Gasteiger partial charge in [0.25, 0.3) is 11.8 Å². The Kier molecular flexibility index (Phi) is 6.47. The van der Waals surface area contributed by atoms with E-state index in [0.717, 1.165) is 10.0 Å². The van der Waals surface area contributed by atoms with Crippen molar-refractivity contribution in [2.45, 2.75) is 6.92 Å². The van der Waals surface area contributed by atoms with Crippen molar-refractivity contribution >= 4 is 33.4 Å². The number of nitrogens with one attached hydrogen (secondary N) is 1. The molecule has 1 N–H and O–H groups in total. The van der Waals surface area contributed by atoms with Gasteiger partial charge in [0.05, 0.1) is 13.2 Å². The zero-order valence-corrected chi connectivity index (χ0v) is 16.6. The Bertz CT molecular complexity index is 817. The van der Waals surface area contributed by atoms with E-state index in [9.17, 15) is 9.59 Å².